The van der Waals surface area contributed by atoms with Crippen LogP contribution in [0.4, 0.5) is 13.2 Å². The maximum absolute atomic E-state index is 16.0. The fourth-order valence-corrected chi connectivity index (χ4v) is 7.88. The molecule has 0 spiro atoms. The SMILES string of the molecule is [B]P1(=O)OC[C@H]2O[C@@H](n3cc(F)c4c(=O)[nH]cnc43)C(F)[C@H]2OP([B])(=O)OC[C@H]2O[C@@H](n3cnc4cc(Cl)c(C)cc43)[C@@H](F)C2O1. The third-order valence-corrected chi connectivity index (χ3v) is 10.4. The van der Waals surface area contributed by atoms with Gasteiger partial charge in [-0.15, -0.1) is 0 Å². The highest BCUT2D eigenvalue weighted by Gasteiger charge is 2.53. The van der Waals surface area contributed by atoms with E-state index in [-0.39, 0.29) is 5.65 Å². The van der Waals surface area contributed by atoms with E-state index in [9.17, 15) is 18.3 Å². The van der Waals surface area contributed by atoms with E-state index < -0.39 is 94.1 Å². The van der Waals surface area contributed by atoms with Crippen LogP contribution in [0.25, 0.3) is 22.1 Å². The van der Waals surface area contributed by atoms with Gasteiger partial charge < -0.3 is 37.1 Å². The number of aromatic nitrogens is 5. The summed E-state index contributed by atoms with van der Waals surface area (Å²) in [6.45, 7) is 0.189. The molecular formula is C24H21B2ClF3N5O9P2. The van der Waals surface area contributed by atoms with Crippen molar-refractivity contribution in [3.05, 3.63) is 57.7 Å². The second-order valence-electron chi connectivity index (χ2n) is 10.9. The lowest BCUT2D eigenvalue weighted by Crippen LogP contribution is -2.37. The molecule has 3 aromatic heterocycles. The number of halogens is 4. The second kappa shape index (κ2) is 11.6. The van der Waals surface area contributed by atoms with Crippen LogP contribution in [0.3, 0.4) is 0 Å². The van der Waals surface area contributed by atoms with Crippen molar-refractivity contribution in [2.24, 2.45) is 0 Å². The van der Waals surface area contributed by atoms with E-state index >= 15 is 8.78 Å². The largest absolute Gasteiger partial charge is 0.346 e. The topological polar surface area (TPSA) is 158 Å². The van der Waals surface area contributed by atoms with Gasteiger partial charge in [0.05, 0.1) is 36.9 Å². The summed E-state index contributed by atoms with van der Waals surface area (Å²) in [4.78, 5) is 22.5. The molecule has 7 rings (SSSR count). The number of hydrogen-bond donors (Lipinski definition) is 1. The van der Waals surface area contributed by atoms with Crippen LogP contribution in [0.2, 0.25) is 5.02 Å². The summed E-state index contributed by atoms with van der Waals surface area (Å²) in [5.74, 6) is -1.02. The van der Waals surface area contributed by atoms with Crippen LogP contribution >= 0.6 is 26.5 Å². The Labute approximate surface area is 264 Å². The standard InChI is InChI=1S/C24H21B2ClF3N5O9P2/c1-9-2-13-12(3-10(9)27)33-8-35(13)24-18(30)20-15(42-24)6-40-45(25,37)43-19-14(5-39-46(26,38)44-20)41-23(17(19)29)34-4-11(28)16-21(34)31-7-32-22(16)36/h2-4,7-8,14-15,17-20,23-24H,5-6H2,1H3,(H,31,32,36)/t14-,15-,17?,18+,19+,20?,23-,24-,45?,46?/m1/s1. The molecule has 46 heavy (non-hydrogen) atoms. The Morgan fingerprint density at radius 1 is 0.978 bits per heavy atom. The van der Waals surface area contributed by atoms with Gasteiger partial charge in [0.25, 0.3) is 20.5 Å². The van der Waals surface area contributed by atoms with E-state index in [4.69, 9.17) is 54.3 Å². The van der Waals surface area contributed by atoms with Crippen molar-refractivity contribution in [2.75, 3.05) is 13.2 Å². The summed E-state index contributed by atoms with van der Waals surface area (Å²) in [7, 11) is 2.31. The fourth-order valence-electron chi connectivity index (χ4n) is 5.71. The van der Waals surface area contributed by atoms with Gasteiger partial charge in [0.2, 0.25) is 15.1 Å². The van der Waals surface area contributed by atoms with Gasteiger partial charge in [-0.2, -0.15) is 0 Å². The summed E-state index contributed by atoms with van der Waals surface area (Å²) in [5.41, 5.74) is 0.466. The van der Waals surface area contributed by atoms with Gasteiger partial charge in [0, 0.05) is 11.2 Å². The molecule has 1 N–H and O–H groups in total. The molecule has 0 bridgehead atoms. The molecule has 3 aliphatic heterocycles. The molecule has 3 aliphatic rings. The summed E-state index contributed by atoms with van der Waals surface area (Å²) in [6, 6.07) is 3.26. The van der Waals surface area contributed by atoms with E-state index in [1.165, 1.54) is 10.9 Å². The number of H-pyrrole nitrogens is 1. The zero-order valence-corrected chi connectivity index (χ0v) is 26.0. The number of aromatic amines is 1. The van der Waals surface area contributed by atoms with E-state index in [0.717, 1.165) is 17.1 Å². The average Bonchev–Trinajstić information content (AvgIpc) is 3.71. The first-order valence-corrected chi connectivity index (χ1v) is 17.2. The van der Waals surface area contributed by atoms with Crippen molar-refractivity contribution in [2.45, 2.75) is 56.1 Å². The molecule has 4 unspecified atom stereocenters. The van der Waals surface area contributed by atoms with Gasteiger partial charge >= 0.3 is 0 Å². The smallest absolute Gasteiger partial charge is 0.264 e. The van der Waals surface area contributed by atoms with Crippen LogP contribution in [-0.4, -0.2) is 89.2 Å². The molecule has 240 valence electrons. The molecule has 0 aliphatic carbocycles. The van der Waals surface area contributed by atoms with Crippen LogP contribution in [0.1, 0.15) is 18.0 Å². The average molecular weight is 699 g/mol. The third-order valence-electron chi connectivity index (χ3n) is 7.88. The quantitative estimate of drug-likeness (QED) is 0.240. The van der Waals surface area contributed by atoms with E-state index in [2.05, 4.69) is 15.0 Å². The molecular weight excluding hydrogens is 678 g/mol. The van der Waals surface area contributed by atoms with Crippen LogP contribution in [0.15, 0.2) is 35.8 Å². The normalized spacial score (nSPS) is 37.2. The summed E-state index contributed by atoms with van der Waals surface area (Å²) in [5, 5.41) is -0.0292. The Morgan fingerprint density at radius 3 is 2.17 bits per heavy atom. The fraction of sp³-hybridized carbons (Fsp3) is 0.458. The third kappa shape index (κ3) is 5.59. The minimum absolute atomic E-state index is 0.274. The molecule has 4 radical (unpaired) electrons. The summed E-state index contributed by atoms with van der Waals surface area (Å²) < 4.78 is 108. The Kier molecular flexibility index (Phi) is 8.10. The number of fused-ring (bicyclic) bond motifs is 4. The highest BCUT2D eigenvalue weighted by Crippen LogP contribution is 2.54. The molecule has 3 saturated heterocycles. The van der Waals surface area contributed by atoms with Crippen molar-refractivity contribution < 1.29 is 49.9 Å². The predicted octanol–water partition coefficient (Wildman–Crippen LogP) is 3.72. The number of aryl methyl sites for hydroxylation is 1. The van der Waals surface area contributed by atoms with Crippen LogP contribution in [0.5, 0.6) is 0 Å². The summed E-state index contributed by atoms with van der Waals surface area (Å²) in [6.07, 6.45) is -10.8. The maximum Gasteiger partial charge on any atom is 0.264 e. The molecule has 22 heteroatoms. The van der Waals surface area contributed by atoms with Crippen LogP contribution < -0.4 is 5.56 Å². The van der Waals surface area contributed by atoms with Gasteiger partial charge in [0.1, 0.15) is 29.8 Å². The monoisotopic (exact) mass is 699 g/mol. The molecule has 4 aromatic rings. The lowest BCUT2D eigenvalue weighted by Gasteiger charge is -2.29. The van der Waals surface area contributed by atoms with Crippen molar-refractivity contribution in [3.8, 4) is 0 Å². The Morgan fingerprint density at radius 2 is 1.57 bits per heavy atom. The highest BCUT2D eigenvalue weighted by atomic mass is 35.5. The zero-order chi connectivity index (χ0) is 32.7. The molecule has 10 atom stereocenters. The van der Waals surface area contributed by atoms with Crippen molar-refractivity contribution in [1.29, 1.82) is 0 Å². The first kappa shape index (κ1) is 32.1. The Balaban J connectivity index is 1.17. The van der Waals surface area contributed by atoms with Gasteiger partial charge in [-0.1, -0.05) is 11.6 Å². The second-order valence-corrected chi connectivity index (χ2v) is 14.4. The number of imidazole rings is 1. The van der Waals surface area contributed by atoms with Gasteiger partial charge in [-0.05, 0) is 24.6 Å². The van der Waals surface area contributed by atoms with Crippen molar-refractivity contribution >= 4 is 63.7 Å². The lowest BCUT2D eigenvalue weighted by atomic mass is 10.1. The number of alkyl halides is 2. The molecule has 0 saturated carbocycles. The van der Waals surface area contributed by atoms with Crippen LogP contribution in [0, 0.1) is 12.7 Å². The number of hydrogen-bond acceptors (Lipinski definition) is 11. The van der Waals surface area contributed by atoms with E-state index in [1.54, 1.807) is 19.1 Å². The molecule has 6 heterocycles. The Bertz CT molecular complexity index is 2000. The molecule has 1 aromatic carbocycles. The van der Waals surface area contributed by atoms with E-state index in [1.807, 2.05) is 0 Å². The first-order valence-electron chi connectivity index (χ1n) is 13.6. The molecule has 0 amide bonds. The number of rotatable bonds is 2. The predicted molar refractivity (Wildman–Crippen MR) is 156 cm³/mol. The Hall–Kier alpha value is -2.46. The minimum Gasteiger partial charge on any atom is -0.346 e. The van der Waals surface area contributed by atoms with Gasteiger partial charge in [0.15, 0.2) is 36.3 Å². The maximum atomic E-state index is 16.0. The first-order chi connectivity index (χ1) is 21.7. The number of nitrogens with zero attached hydrogens (tertiary/aromatic N) is 4. The highest BCUT2D eigenvalue weighted by molar-refractivity contribution is 7.79. The van der Waals surface area contributed by atoms with E-state index in [0.29, 0.717) is 21.6 Å². The number of benzene rings is 1. The number of nitrogens with one attached hydrogen (secondary N) is 1. The summed E-state index contributed by atoms with van der Waals surface area (Å²) >= 11 is 6.19. The van der Waals surface area contributed by atoms with Gasteiger partial charge in [-0.3, -0.25) is 18.5 Å². The minimum atomic E-state index is -4.67. The zero-order valence-electron chi connectivity index (χ0n) is 23.4. The van der Waals surface area contributed by atoms with Gasteiger partial charge in [-0.25, -0.2) is 23.1 Å². The molecule has 14 nitrogen and oxygen atoms in total. The lowest BCUT2D eigenvalue weighted by molar-refractivity contribution is -0.0547. The van der Waals surface area contributed by atoms with Crippen molar-refractivity contribution in [1.82, 2.24) is 24.1 Å². The van der Waals surface area contributed by atoms with Crippen LogP contribution in [-0.2, 0) is 36.7 Å². The van der Waals surface area contributed by atoms with Crippen molar-refractivity contribution in [3.63, 3.8) is 0 Å². The molecule has 3 fully saturated rings. The number of ether oxygens (including phenoxy) is 2.